The molecule has 0 saturated carbocycles. The number of nitrogens with one attached hydrogen (secondary N) is 1. The third-order valence-corrected chi connectivity index (χ3v) is 5.10. The highest BCUT2D eigenvalue weighted by Crippen LogP contribution is 2.31. The smallest absolute Gasteiger partial charge is 0.199 e. The minimum atomic E-state index is 0.528. The minimum absolute atomic E-state index is 0.528. The summed E-state index contributed by atoms with van der Waals surface area (Å²) in [5.74, 6) is 0. The Morgan fingerprint density at radius 1 is 1.25 bits per heavy atom. The zero-order valence-corrected chi connectivity index (χ0v) is 12.2. The molecule has 2 aliphatic heterocycles. The second kappa shape index (κ2) is 5.06. The molecular weight excluding hydrogens is 272 g/mol. The van der Waals surface area contributed by atoms with Crippen LogP contribution in [0.25, 0.3) is 11.0 Å². The molecule has 2 fully saturated rings. The Balaban J connectivity index is 1.52. The van der Waals surface area contributed by atoms with Gasteiger partial charge in [-0.2, -0.15) is 0 Å². The maximum atomic E-state index is 6.25. The quantitative estimate of drug-likeness (QED) is 0.939. The van der Waals surface area contributed by atoms with Crippen LogP contribution in [0, 0.1) is 0 Å². The molecule has 0 radical (unpaired) electrons. The Morgan fingerprint density at radius 3 is 3.10 bits per heavy atom. The highest BCUT2D eigenvalue weighted by Gasteiger charge is 2.36. The molecule has 2 unspecified atom stereocenters. The highest BCUT2D eigenvalue weighted by molar-refractivity contribution is 6.30. The van der Waals surface area contributed by atoms with Crippen molar-refractivity contribution >= 4 is 22.6 Å². The summed E-state index contributed by atoms with van der Waals surface area (Å²) in [5, 5.41) is 5.36. The van der Waals surface area contributed by atoms with Crippen molar-refractivity contribution in [3.63, 3.8) is 0 Å². The van der Waals surface area contributed by atoms with Crippen molar-refractivity contribution in [3.05, 3.63) is 35.0 Å². The van der Waals surface area contributed by atoms with Crippen LogP contribution in [0.15, 0.2) is 28.7 Å². The molecule has 0 bridgehead atoms. The zero-order valence-electron chi connectivity index (χ0n) is 11.4. The summed E-state index contributed by atoms with van der Waals surface area (Å²) in [6.07, 6.45) is 3.92. The molecule has 0 aliphatic carbocycles. The number of para-hydroxylation sites is 1. The summed E-state index contributed by atoms with van der Waals surface area (Å²) in [4.78, 5) is 2.62. The van der Waals surface area contributed by atoms with Crippen molar-refractivity contribution in [2.75, 3.05) is 13.1 Å². The fraction of sp³-hybridized carbons (Fsp3) is 0.500. The molecule has 106 valence electrons. The van der Waals surface area contributed by atoms with E-state index in [0.717, 1.165) is 29.1 Å². The molecule has 3 heterocycles. The summed E-state index contributed by atoms with van der Waals surface area (Å²) in [6.45, 7) is 3.31. The summed E-state index contributed by atoms with van der Waals surface area (Å²) in [7, 11) is 0. The maximum Gasteiger partial charge on any atom is 0.199 e. The van der Waals surface area contributed by atoms with Gasteiger partial charge in [0.05, 0.1) is 0 Å². The second-order valence-corrected chi connectivity index (χ2v) is 6.22. The molecule has 4 rings (SSSR count). The average molecular weight is 291 g/mol. The van der Waals surface area contributed by atoms with E-state index in [0.29, 0.717) is 11.3 Å². The summed E-state index contributed by atoms with van der Waals surface area (Å²) in [6, 6.07) is 9.39. The lowest BCUT2D eigenvalue weighted by atomic mass is 10.1. The van der Waals surface area contributed by atoms with Gasteiger partial charge in [0.25, 0.3) is 0 Å². The number of fused-ring (bicyclic) bond motifs is 2. The third-order valence-electron chi connectivity index (χ3n) is 4.80. The van der Waals surface area contributed by atoms with Crippen molar-refractivity contribution in [2.45, 2.75) is 37.9 Å². The number of halogens is 1. The van der Waals surface area contributed by atoms with Gasteiger partial charge in [0.2, 0.25) is 0 Å². The van der Waals surface area contributed by atoms with Crippen molar-refractivity contribution in [1.82, 2.24) is 10.2 Å². The topological polar surface area (TPSA) is 28.4 Å². The van der Waals surface area contributed by atoms with Gasteiger partial charge in [-0.05, 0) is 43.5 Å². The molecule has 0 spiro atoms. The van der Waals surface area contributed by atoms with Gasteiger partial charge < -0.3 is 9.73 Å². The molecule has 20 heavy (non-hydrogen) atoms. The fourth-order valence-electron chi connectivity index (χ4n) is 3.79. The first-order valence-corrected chi connectivity index (χ1v) is 7.84. The zero-order chi connectivity index (χ0) is 13.5. The summed E-state index contributed by atoms with van der Waals surface area (Å²) >= 11 is 6.25. The van der Waals surface area contributed by atoms with Crippen LogP contribution in [-0.4, -0.2) is 30.1 Å². The van der Waals surface area contributed by atoms with E-state index in [1.807, 2.05) is 18.2 Å². The van der Waals surface area contributed by atoms with E-state index >= 15 is 0 Å². The van der Waals surface area contributed by atoms with E-state index in [-0.39, 0.29) is 0 Å². The lowest BCUT2D eigenvalue weighted by Gasteiger charge is -2.21. The van der Waals surface area contributed by atoms with Gasteiger partial charge in [-0.25, -0.2) is 0 Å². The SMILES string of the molecule is Clc1oc2ccccc2c1CNC1CCN2CCCC12. The Kier molecular flexibility index (Phi) is 3.21. The van der Waals surface area contributed by atoms with Crippen molar-refractivity contribution in [3.8, 4) is 0 Å². The van der Waals surface area contributed by atoms with Crippen molar-refractivity contribution in [2.24, 2.45) is 0 Å². The van der Waals surface area contributed by atoms with Crippen LogP contribution in [-0.2, 0) is 6.54 Å². The molecule has 2 atom stereocenters. The number of nitrogens with zero attached hydrogens (tertiary/aromatic N) is 1. The van der Waals surface area contributed by atoms with E-state index < -0.39 is 0 Å². The molecule has 3 nitrogen and oxygen atoms in total. The fourth-order valence-corrected chi connectivity index (χ4v) is 4.04. The first kappa shape index (κ1) is 12.7. The van der Waals surface area contributed by atoms with E-state index in [9.17, 15) is 0 Å². The molecule has 0 amide bonds. The maximum absolute atomic E-state index is 6.25. The van der Waals surface area contributed by atoms with E-state index in [1.54, 1.807) is 0 Å². The molecular formula is C16H19ClN2O. The van der Waals surface area contributed by atoms with Crippen LogP contribution < -0.4 is 5.32 Å². The van der Waals surface area contributed by atoms with Crippen LogP contribution in [0.2, 0.25) is 5.22 Å². The van der Waals surface area contributed by atoms with Crippen LogP contribution in [0.3, 0.4) is 0 Å². The predicted octanol–water partition coefficient (Wildman–Crippen LogP) is 3.41. The van der Waals surface area contributed by atoms with E-state index in [1.165, 1.54) is 32.4 Å². The lowest BCUT2D eigenvalue weighted by Crippen LogP contribution is -2.38. The van der Waals surface area contributed by atoms with Crippen LogP contribution in [0.1, 0.15) is 24.8 Å². The monoisotopic (exact) mass is 290 g/mol. The van der Waals surface area contributed by atoms with Crippen LogP contribution >= 0.6 is 11.6 Å². The van der Waals surface area contributed by atoms with Gasteiger partial charge in [-0.3, -0.25) is 4.90 Å². The van der Waals surface area contributed by atoms with Gasteiger partial charge in [0.15, 0.2) is 5.22 Å². The molecule has 2 aromatic rings. The van der Waals surface area contributed by atoms with Gasteiger partial charge in [0.1, 0.15) is 5.58 Å². The lowest BCUT2D eigenvalue weighted by molar-refractivity contribution is 0.298. The van der Waals surface area contributed by atoms with Crippen molar-refractivity contribution in [1.29, 1.82) is 0 Å². The van der Waals surface area contributed by atoms with Gasteiger partial charge >= 0.3 is 0 Å². The third kappa shape index (κ3) is 2.05. The highest BCUT2D eigenvalue weighted by atomic mass is 35.5. The van der Waals surface area contributed by atoms with E-state index in [2.05, 4.69) is 16.3 Å². The Hall–Kier alpha value is -1.03. The standard InChI is InChI=1S/C16H19ClN2O/c17-16-12(11-4-1-2-6-15(11)20-16)10-18-13-7-9-19-8-3-5-14(13)19/h1-2,4,6,13-14,18H,3,5,7-10H2. The summed E-state index contributed by atoms with van der Waals surface area (Å²) in [5.41, 5.74) is 1.97. The van der Waals surface area contributed by atoms with Gasteiger partial charge in [0, 0.05) is 36.1 Å². The Labute approximate surface area is 123 Å². The molecule has 1 aromatic heterocycles. The van der Waals surface area contributed by atoms with Crippen molar-refractivity contribution < 1.29 is 4.42 Å². The van der Waals surface area contributed by atoms with Gasteiger partial charge in [-0.15, -0.1) is 0 Å². The van der Waals surface area contributed by atoms with Crippen LogP contribution in [0.5, 0.6) is 0 Å². The number of hydrogen-bond acceptors (Lipinski definition) is 3. The normalized spacial score (nSPS) is 26.4. The number of hydrogen-bond donors (Lipinski definition) is 1. The number of benzene rings is 1. The molecule has 2 aliphatic rings. The number of furan rings is 1. The first-order chi connectivity index (χ1) is 9.83. The van der Waals surface area contributed by atoms with E-state index in [4.69, 9.17) is 16.0 Å². The Morgan fingerprint density at radius 2 is 2.15 bits per heavy atom. The molecule has 2 saturated heterocycles. The molecule has 1 N–H and O–H groups in total. The predicted molar refractivity (Wildman–Crippen MR) is 81.1 cm³/mol. The van der Waals surface area contributed by atoms with Crippen LogP contribution in [0.4, 0.5) is 0 Å². The Bertz CT molecular complexity index is 624. The first-order valence-electron chi connectivity index (χ1n) is 7.46. The largest absolute Gasteiger partial charge is 0.444 e. The molecule has 1 aromatic carbocycles. The summed E-state index contributed by atoms with van der Waals surface area (Å²) < 4.78 is 5.62. The second-order valence-electron chi connectivity index (χ2n) is 5.87. The van der Waals surface area contributed by atoms with Gasteiger partial charge in [-0.1, -0.05) is 18.2 Å². The minimum Gasteiger partial charge on any atom is -0.444 e. The average Bonchev–Trinajstić information content (AvgIpc) is 3.11. The molecule has 4 heteroatoms. The number of rotatable bonds is 3.